The highest BCUT2D eigenvalue weighted by atomic mass is 16.6. The van der Waals surface area contributed by atoms with Gasteiger partial charge in [-0.05, 0) is 51.3 Å². The summed E-state index contributed by atoms with van der Waals surface area (Å²) < 4.78 is 10.6. The third-order valence-corrected chi connectivity index (χ3v) is 2.92. The first kappa shape index (κ1) is 17.0. The molecule has 0 bridgehead atoms. The van der Waals surface area contributed by atoms with Crippen LogP contribution in [0.15, 0.2) is 24.3 Å². The van der Waals surface area contributed by atoms with E-state index in [-0.39, 0.29) is 6.42 Å². The first-order valence-electron chi connectivity index (χ1n) is 7.02. The third-order valence-electron chi connectivity index (χ3n) is 2.92. The maximum atomic E-state index is 11.7. The van der Waals surface area contributed by atoms with E-state index in [2.05, 4.69) is 0 Å². The number of carboxylic acid groups (broad SMARTS) is 1. The smallest absolute Gasteiger partial charge is 0.349 e. The quantitative estimate of drug-likeness (QED) is 0.589. The summed E-state index contributed by atoms with van der Waals surface area (Å²) in [7, 11) is 0. The van der Waals surface area contributed by atoms with Gasteiger partial charge in [0.25, 0.3) is 0 Å². The van der Waals surface area contributed by atoms with Crippen molar-refractivity contribution in [1.82, 2.24) is 0 Å². The van der Waals surface area contributed by atoms with Crippen molar-refractivity contribution < 1.29 is 24.2 Å². The van der Waals surface area contributed by atoms with Crippen LogP contribution in [0, 0.1) is 0 Å². The van der Waals surface area contributed by atoms with Gasteiger partial charge in [-0.2, -0.15) is 0 Å². The normalized spacial score (nSPS) is 11.0. The Kier molecular flexibility index (Phi) is 6.21. The Morgan fingerprint density at radius 1 is 1.19 bits per heavy atom. The predicted octanol–water partition coefficient (Wildman–Crippen LogP) is 2.81. The number of aryl methyl sites for hydroxylation is 1. The summed E-state index contributed by atoms with van der Waals surface area (Å²) in [6.07, 6.45) is 1.46. The Morgan fingerprint density at radius 3 is 2.33 bits per heavy atom. The fraction of sp³-hybridized carbons (Fsp3) is 0.500. The van der Waals surface area contributed by atoms with Gasteiger partial charge in [-0.25, -0.2) is 4.79 Å². The van der Waals surface area contributed by atoms with E-state index in [4.69, 9.17) is 14.6 Å². The van der Waals surface area contributed by atoms with Crippen LogP contribution in [-0.2, 0) is 20.7 Å². The van der Waals surface area contributed by atoms with Crippen LogP contribution in [0.25, 0.3) is 0 Å². The summed E-state index contributed by atoms with van der Waals surface area (Å²) in [4.78, 5) is 22.2. The Bertz CT molecular complexity index is 476. The molecule has 5 heteroatoms. The molecule has 0 aliphatic heterocycles. The molecule has 0 saturated heterocycles. The van der Waals surface area contributed by atoms with Crippen molar-refractivity contribution in [3.63, 3.8) is 0 Å². The number of carbonyl (C=O) groups excluding carboxylic acids is 1. The average molecular weight is 295 g/mol. The average Bonchev–Trinajstić information content (AvgIpc) is 2.40. The zero-order valence-corrected chi connectivity index (χ0v) is 12.7. The van der Waals surface area contributed by atoms with Gasteiger partial charge in [0.2, 0.25) is 0 Å². The number of hydrogen-bond donors (Lipinski definition) is 1. The van der Waals surface area contributed by atoms with Gasteiger partial charge in [0.1, 0.15) is 5.75 Å². The highest BCUT2D eigenvalue weighted by molar-refractivity contribution is 5.79. The van der Waals surface area contributed by atoms with Crippen molar-refractivity contribution in [3.05, 3.63) is 29.8 Å². The highest BCUT2D eigenvalue weighted by Gasteiger charge is 2.31. The molecule has 0 atom stereocenters. The molecule has 0 radical (unpaired) electrons. The number of carboxylic acids is 1. The second kappa shape index (κ2) is 7.67. The van der Waals surface area contributed by atoms with Crippen LogP contribution in [0.1, 0.15) is 39.2 Å². The first-order valence-corrected chi connectivity index (χ1v) is 7.02. The SMILES string of the molecule is CCOC(=O)C(C)(C)Oc1ccc(CCC[13C](=O)O)cc1. The molecular weight excluding hydrogens is 273 g/mol. The number of ether oxygens (including phenoxy) is 2. The molecule has 1 rings (SSSR count). The summed E-state index contributed by atoms with van der Waals surface area (Å²) in [6.45, 7) is 5.38. The molecule has 1 aromatic carbocycles. The van der Waals surface area contributed by atoms with Gasteiger partial charge in [0.15, 0.2) is 5.60 Å². The lowest BCUT2D eigenvalue weighted by atomic mass is 10.1. The van der Waals surface area contributed by atoms with Crippen molar-refractivity contribution in [3.8, 4) is 5.75 Å². The summed E-state index contributed by atoms with van der Waals surface area (Å²) in [5.41, 5.74) is -0.00145. The van der Waals surface area contributed by atoms with E-state index in [1.165, 1.54) is 0 Å². The van der Waals surface area contributed by atoms with Crippen molar-refractivity contribution in [2.24, 2.45) is 0 Å². The Morgan fingerprint density at radius 2 is 1.81 bits per heavy atom. The number of aliphatic carboxylic acids is 1. The molecule has 1 N–H and O–H groups in total. The molecule has 0 aliphatic carbocycles. The summed E-state index contributed by atoms with van der Waals surface area (Å²) in [6, 6.07) is 7.30. The van der Waals surface area contributed by atoms with E-state index in [0.717, 1.165) is 5.56 Å². The zero-order chi connectivity index (χ0) is 15.9. The minimum Gasteiger partial charge on any atom is -0.481 e. The fourth-order valence-electron chi connectivity index (χ4n) is 1.81. The molecule has 0 spiro atoms. The molecule has 0 saturated carbocycles. The molecule has 5 nitrogen and oxygen atoms in total. The van der Waals surface area contributed by atoms with E-state index in [1.54, 1.807) is 32.9 Å². The lowest BCUT2D eigenvalue weighted by molar-refractivity contribution is -0.158. The van der Waals surface area contributed by atoms with Gasteiger partial charge in [0.05, 0.1) is 6.61 Å². The number of benzene rings is 1. The van der Waals surface area contributed by atoms with Gasteiger partial charge < -0.3 is 14.6 Å². The van der Waals surface area contributed by atoms with Crippen molar-refractivity contribution in [2.75, 3.05) is 6.61 Å². The summed E-state index contributed by atoms with van der Waals surface area (Å²) in [5.74, 6) is -0.614. The molecular formula is C16H22O5. The number of rotatable bonds is 8. The van der Waals surface area contributed by atoms with E-state index in [1.807, 2.05) is 12.1 Å². The van der Waals surface area contributed by atoms with Crippen LogP contribution in [-0.4, -0.2) is 29.3 Å². The minimum absolute atomic E-state index is 0.161. The Hall–Kier alpha value is -2.04. The lowest BCUT2D eigenvalue weighted by Crippen LogP contribution is -2.39. The van der Waals surface area contributed by atoms with Crippen LogP contribution < -0.4 is 4.74 Å². The molecule has 0 unspecified atom stereocenters. The van der Waals surface area contributed by atoms with Crippen LogP contribution >= 0.6 is 0 Å². The van der Waals surface area contributed by atoms with Crippen molar-refractivity contribution in [1.29, 1.82) is 0 Å². The Labute approximate surface area is 124 Å². The monoisotopic (exact) mass is 295 g/mol. The second-order valence-electron chi connectivity index (χ2n) is 5.22. The van der Waals surface area contributed by atoms with Crippen LogP contribution in [0.3, 0.4) is 0 Å². The maximum absolute atomic E-state index is 11.7. The van der Waals surface area contributed by atoms with E-state index >= 15 is 0 Å². The van der Waals surface area contributed by atoms with Crippen molar-refractivity contribution >= 4 is 11.9 Å². The third kappa shape index (κ3) is 5.85. The van der Waals surface area contributed by atoms with Gasteiger partial charge in [-0.15, -0.1) is 0 Å². The predicted molar refractivity (Wildman–Crippen MR) is 78.4 cm³/mol. The number of carbonyl (C=O) groups is 2. The summed E-state index contributed by atoms with van der Waals surface area (Å²) in [5, 5.41) is 8.60. The number of esters is 1. The number of hydrogen-bond acceptors (Lipinski definition) is 4. The highest BCUT2D eigenvalue weighted by Crippen LogP contribution is 2.20. The van der Waals surface area contributed by atoms with Crippen LogP contribution in [0.5, 0.6) is 5.75 Å². The lowest BCUT2D eigenvalue weighted by Gasteiger charge is -2.24. The largest absolute Gasteiger partial charge is 0.481 e. The molecule has 1 aromatic rings. The molecule has 0 heterocycles. The summed E-state index contributed by atoms with van der Waals surface area (Å²) >= 11 is 0. The van der Waals surface area contributed by atoms with E-state index < -0.39 is 17.5 Å². The molecule has 116 valence electrons. The van der Waals surface area contributed by atoms with E-state index in [9.17, 15) is 9.59 Å². The molecule has 0 aliphatic rings. The van der Waals surface area contributed by atoms with Gasteiger partial charge >= 0.3 is 11.9 Å². The first-order chi connectivity index (χ1) is 9.85. The molecule has 0 amide bonds. The fourth-order valence-corrected chi connectivity index (χ4v) is 1.81. The molecule has 21 heavy (non-hydrogen) atoms. The molecule has 0 aromatic heterocycles. The zero-order valence-electron chi connectivity index (χ0n) is 12.7. The second-order valence-corrected chi connectivity index (χ2v) is 5.22. The standard InChI is InChI=1S/C16H22O5/c1-4-20-15(19)16(2,3)21-13-10-8-12(9-11-13)6-5-7-14(17)18/h8-11H,4-7H2,1-3H3,(H,17,18)/i14+1. The van der Waals surface area contributed by atoms with Gasteiger partial charge in [-0.3, -0.25) is 4.79 Å². The van der Waals surface area contributed by atoms with Gasteiger partial charge in [-0.1, -0.05) is 12.1 Å². The topological polar surface area (TPSA) is 72.8 Å². The van der Waals surface area contributed by atoms with Gasteiger partial charge in [0, 0.05) is 6.42 Å². The van der Waals surface area contributed by atoms with Crippen LogP contribution in [0.4, 0.5) is 0 Å². The van der Waals surface area contributed by atoms with E-state index in [0.29, 0.717) is 25.2 Å². The minimum atomic E-state index is -1.04. The maximum Gasteiger partial charge on any atom is 0.349 e. The molecule has 0 fully saturated rings. The van der Waals surface area contributed by atoms with Crippen LogP contribution in [0.2, 0.25) is 0 Å². The Balaban J connectivity index is 2.57. The van der Waals surface area contributed by atoms with Crippen molar-refractivity contribution in [2.45, 2.75) is 45.6 Å².